The van der Waals surface area contributed by atoms with Gasteiger partial charge in [-0.05, 0) is 30.3 Å². The van der Waals surface area contributed by atoms with E-state index in [4.69, 9.17) is 5.26 Å². The van der Waals surface area contributed by atoms with Crippen LogP contribution in [0.4, 0.5) is 17.1 Å². The predicted octanol–water partition coefficient (Wildman–Crippen LogP) is 3.26. The first-order chi connectivity index (χ1) is 9.19. The topological polar surface area (TPSA) is 64.9 Å². The first kappa shape index (κ1) is 12.7. The molecule has 0 aliphatic carbocycles. The van der Waals surface area contributed by atoms with Crippen molar-refractivity contribution in [3.8, 4) is 6.07 Å². The molecule has 0 aliphatic heterocycles. The second kappa shape index (κ2) is 5.69. The second-order valence-electron chi connectivity index (χ2n) is 4.04. The van der Waals surface area contributed by atoms with Crippen LogP contribution in [0, 0.1) is 11.3 Å². The molecule has 0 unspecified atom stereocenters. The Hall–Kier alpha value is -2.80. The Balaban J connectivity index is 2.24. The standard InChI is InChI=1S/C15H13N3O/c1-11(19)17-13-6-4-7-14(9-13)18-15-8-3-2-5-12(15)10-16/h2-9,18H,1H3,(H,17,19). The molecule has 0 radical (unpaired) electrons. The molecule has 19 heavy (non-hydrogen) atoms. The Kier molecular flexibility index (Phi) is 3.79. The quantitative estimate of drug-likeness (QED) is 0.880. The second-order valence-corrected chi connectivity index (χ2v) is 4.04. The van der Waals surface area contributed by atoms with E-state index >= 15 is 0 Å². The number of nitriles is 1. The zero-order chi connectivity index (χ0) is 13.7. The van der Waals surface area contributed by atoms with Crippen LogP contribution in [0.5, 0.6) is 0 Å². The smallest absolute Gasteiger partial charge is 0.221 e. The molecule has 0 aliphatic rings. The number of para-hydroxylation sites is 1. The van der Waals surface area contributed by atoms with Crippen molar-refractivity contribution in [3.63, 3.8) is 0 Å². The zero-order valence-corrected chi connectivity index (χ0v) is 10.5. The van der Waals surface area contributed by atoms with Gasteiger partial charge in [-0.2, -0.15) is 5.26 Å². The highest BCUT2D eigenvalue weighted by molar-refractivity contribution is 5.89. The van der Waals surface area contributed by atoms with E-state index in [1.54, 1.807) is 6.07 Å². The predicted molar refractivity (Wildman–Crippen MR) is 75.2 cm³/mol. The maximum atomic E-state index is 11.0. The maximum absolute atomic E-state index is 11.0. The van der Waals surface area contributed by atoms with E-state index in [2.05, 4.69) is 16.7 Å². The summed E-state index contributed by atoms with van der Waals surface area (Å²) in [7, 11) is 0. The van der Waals surface area contributed by atoms with Gasteiger partial charge in [-0.15, -0.1) is 0 Å². The third kappa shape index (κ3) is 3.33. The summed E-state index contributed by atoms with van der Waals surface area (Å²) >= 11 is 0. The van der Waals surface area contributed by atoms with E-state index in [-0.39, 0.29) is 5.91 Å². The van der Waals surface area contributed by atoms with Gasteiger partial charge in [0.25, 0.3) is 0 Å². The highest BCUT2D eigenvalue weighted by Crippen LogP contribution is 2.22. The van der Waals surface area contributed by atoms with Crippen LogP contribution in [0.25, 0.3) is 0 Å². The molecular formula is C15H13N3O. The fraction of sp³-hybridized carbons (Fsp3) is 0.0667. The lowest BCUT2D eigenvalue weighted by Gasteiger charge is -2.09. The number of amides is 1. The molecule has 2 aromatic carbocycles. The van der Waals surface area contributed by atoms with E-state index in [1.807, 2.05) is 42.5 Å². The van der Waals surface area contributed by atoms with Gasteiger partial charge in [-0.3, -0.25) is 4.79 Å². The first-order valence-corrected chi connectivity index (χ1v) is 5.83. The maximum Gasteiger partial charge on any atom is 0.221 e. The number of nitrogens with zero attached hydrogens (tertiary/aromatic N) is 1. The molecule has 0 aromatic heterocycles. The van der Waals surface area contributed by atoms with Gasteiger partial charge < -0.3 is 10.6 Å². The van der Waals surface area contributed by atoms with Crippen molar-refractivity contribution < 1.29 is 4.79 Å². The summed E-state index contributed by atoms with van der Waals surface area (Å²) in [5.74, 6) is -0.116. The van der Waals surface area contributed by atoms with E-state index in [0.29, 0.717) is 11.3 Å². The molecule has 94 valence electrons. The lowest BCUT2D eigenvalue weighted by molar-refractivity contribution is -0.114. The van der Waals surface area contributed by atoms with Crippen molar-refractivity contribution in [1.82, 2.24) is 0 Å². The van der Waals surface area contributed by atoms with Crippen molar-refractivity contribution in [3.05, 3.63) is 54.1 Å². The summed E-state index contributed by atoms with van der Waals surface area (Å²) < 4.78 is 0. The van der Waals surface area contributed by atoms with Crippen molar-refractivity contribution in [2.45, 2.75) is 6.92 Å². The highest BCUT2D eigenvalue weighted by Gasteiger charge is 2.02. The summed E-state index contributed by atoms with van der Waals surface area (Å²) in [6.07, 6.45) is 0. The van der Waals surface area contributed by atoms with Crippen LogP contribution in [-0.4, -0.2) is 5.91 Å². The van der Waals surface area contributed by atoms with Gasteiger partial charge in [0, 0.05) is 18.3 Å². The Morgan fingerprint density at radius 2 is 1.84 bits per heavy atom. The van der Waals surface area contributed by atoms with Gasteiger partial charge in [-0.1, -0.05) is 18.2 Å². The molecule has 2 aromatic rings. The van der Waals surface area contributed by atoms with E-state index in [0.717, 1.165) is 11.4 Å². The molecule has 0 fully saturated rings. The fourth-order valence-corrected chi connectivity index (χ4v) is 1.72. The van der Waals surface area contributed by atoms with Crippen molar-refractivity contribution in [2.75, 3.05) is 10.6 Å². The largest absolute Gasteiger partial charge is 0.354 e. The molecule has 1 amide bonds. The summed E-state index contributed by atoms with van der Waals surface area (Å²) in [5.41, 5.74) is 2.85. The van der Waals surface area contributed by atoms with Crippen molar-refractivity contribution >= 4 is 23.0 Å². The third-order valence-electron chi connectivity index (χ3n) is 2.51. The van der Waals surface area contributed by atoms with E-state index in [9.17, 15) is 4.79 Å². The molecule has 2 rings (SSSR count). The summed E-state index contributed by atoms with van der Waals surface area (Å²) in [6, 6.07) is 16.7. The van der Waals surface area contributed by atoms with Crippen LogP contribution in [0.1, 0.15) is 12.5 Å². The van der Waals surface area contributed by atoms with Gasteiger partial charge in [0.1, 0.15) is 6.07 Å². The monoisotopic (exact) mass is 251 g/mol. The molecule has 4 nitrogen and oxygen atoms in total. The van der Waals surface area contributed by atoms with E-state index < -0.39 is 0 Å². The van der Waals surface area contributed by atoms with Crippen LogP contribution in [-0.2, 0) is 4.79 Å². The van der Waals surface area contributed by atoms with Gasteiger partial charge in [0.2, 0.25) is 5.91 Å². The Bertz CT molecular complexity index is 644. The molecule has 4 heteroatoms. The van der Waals surface area contributed by atoms with Crippen LogP contribution < -0.4 is 10.6 Å². The lowest BCUT2D eigenvalue weighted by Crippen LogP contribution is -2.05. The minimum absolute atomic E-state index is 0.116. The summed E-state index contributed by atoms with van der Waals surface area (Å²) in [4.78, 5) is 11.0. The number of hydrogen-bond acceptors (Lipinski definition) is 3. The molecular weight excluding hydrogens is 238 g/mol. The van der Waals surface area contributed by atoms with Gasteiger partial charge >= 0.3 is 0 Å². The van der Waals surface area contributed by atoms with E-state index in [1.165, 1.54) is 6.92 Å². The average Bonchev–Trinajstić information content (AvgIpc) is 2.39. The number of benzene rings is 2. The Morgan fingerprint density at radius 1 is 1.11 bits per heavy atom. The van der Waals surface area contributed by atoms with Crippen molar-refractivity contribution in [2.24, 2.45) is 0 Å². The highest BCUT2D eigenvalue weighted by atomic mass is 16.1. The Morgan fingerprint density at radius 3 is 2.58 bits per heavy atom. The van der Waals surface area contributed by atoms with Gasteiger partial charge in [0.15, 0.2) is 0 Å². The molecule has 0 atom stereocenters. The lowest BCUT2D eigenvalue weighted by atomic mass is 10.2. The first-order valence-electron chi connectivity index (χ1n) is 5.83. The molecule has 0 bridgehead atoms. The third-order valence-corrected chi connectivity index (χ3v) is 2.51. The molecule has 0 saturated heterocycles. The molecule has 2 N–H and O–H groups in total. The van der Waals surface area contributed by atoms with Crippen LogP contribution in [0.2, 0.25) is 0 Å². The van der Waals surface area contributed by atoms with Crippen molar-refractivity contribution in [1.29, 1.82) is 5.26 Å². The van der Waals surface area contributed by atoms with Gasteiger partial charge in [0.05, 0.1) is 11.3 Å². The average molecular weight is 251 g/mol. The number of rotatable bonds is 3. The number of nitrogens with one attached hydrogen (secondary N) is 2. The van der Waals surface area contributed by atoms with Crippen LogP contribution in [0.15, 0.2) is 48.5 Å². The molecule has 0 saturated carbocycles. The summed E-state index contributed by atoms with van der Waals surface area (Å²) in [5, 5.41) is 14.9. The van der Waals surface area contributed by atoms with Gasteiger partial charge in [-0.25, -0.2) is 0 Å². The number of carbonyl (C=O) groups is 1. The molecule has 0 heterocycles. The number of anilines is 3. The van der Waals surface area contributed by atoms with Crippen LogP contribution in [0.3, 0.4) is 0 Å². The Labute approximate surface area is 111 Å². The number of carbonyl (C=O) groups excluding carboxylic acids is 1. The fourth-order valence-electron chi connectivity index (χ4n) is 1.72. The zero-order valence-electron chi connectivity index (χ0n) is 10.5. The van der Waals surface area contributed by atoms with Crippen LogP contribution >= 0.6 is 0 Å². The SMILES string of the molecule is CC(=O)Nc1cccc(Nc2ccccc2C#N)c1. The summed E-state index contributed by atoms with van der Waals surface area (Å²) in [6.45, 7) is 1.46. The normalized spacial score (nSPS) is 9.47. The minimum Gasteiger partial charge on any atom is -0.354 e. The number of hydrogen-bond donors (Lipinski definition) is 2. The molecule has 0 spiro atoms. The minimum atomic E-state index is -0.116.